The number of nitrogens with zero attached hydrogens (tertiary/aromatic N) is 2. The topological polar surface area (TPSA) is 129 Å². The zero-order chi connectivity index (χ0) is 21.9. The van der Waals surface area contributed by atoms with E-state index in [1.54, 1.807) is 19.1 Å². The lowest BCUT2D eigenvalue weighted by Crippen LogP contribution is -2.46. The molecule has 1 atom stereocenters. The zero-order valence-corrected chi connectivity index (χ0v) is 16.8. The molecule has 0 saturated heterocycles. The van der Waals surface area contributed by atoms with Crippen LogP contribution >= 0.6 is 0 Å². The van der Waals surface area contributed by atoms with E-state index in [1.165, 1.54) is 6.07 Å². The molecule has 160 valence electrons. The number of hydrogen-bond donors (Lipinski definition) is 2. The van der Waals surface area contributed by atoms with Crippen LogP contribution in [0.15, 0.2) is 47.4 Å². The summed E-state index contributed by atoms with van der Waals surface area (Å²) in [5.74, 6) is -0.647. The van der Waals surface area contributed by atoms with Crippen molar-refractivity contribution in [3.05, 3.63) is 58.6 Å². The average Bonchev–Trinajstić information content (AvgIpc) is 2.73. The first-order chi connectivity index (χ1) is 14.4. The van der Waals surface area contributed by atoms with E-state index in [2.05, 4.69) is 15.6 Å². The third kappa shape index (κ3) is 6.73. The van der Waals surface area contributed by atoms with Crippen LogP contribution in [0.1, 0.15) is 32.3 Å². The van der Waals surface area contributed by atoms with Crippen LogP contribution in [0, 0.1) is 0 Å². The predicted molar refractivity (Wildman–Crippen MR) is 108 cm³/mol. The molecule has 30 heavy (non-hydrogen) atoms. The molecule has 0 aliphatic heterocycles. The van der Waals surface area contributed by atoms with Crippen LogP contribution in [0.4, 0.5) is 15.4 Å². The van der Waals surface area contributed by atoms with Gasteiger partial charge < -0.3 is 14.8 Å². The van der Waals surface area contributed by atoms with Crippen LogP contribution in [-0.4, -0.2) is 40.3 Å². The Morgan fingerprint density at radius 1 is 1.10 bits per heavy atom. The number of rotatable bonds is 8. The molecule has 2 N–H and O–H groups in total. The molecule has 2 aromatic rings. The van der Waals surface area contributed by atoms with Crippen molar-refractivity contribution in [3.8, 4) is 0 Å². The lowest BCUT2D eigenvalue weighted by molar-refractivity contribution is -0.145. The first-order valence-electron chi connectivity index (χ1n) is 9.49. The fourth-order valence-electron chi connectivity index (χ4n) is 2.49. The zero-order valence-electron chi connectivity index (χ0n) is 16.8. The van der Waals surface area contributed by atoms with Crippen LogP contribution < -0.4 is 16.3 Å². The number of anilines is 1. The summed E-state index contributed by atoms with van der Waals surface area (Å²) in [5, 5.41) is 4.78. The molecule has 0 spiro atoms. The Morgan fingerprint density at radius 2 is 1.83 bits per heavy atom. The molecule has 1 unspecified atom stereocenters. The normalized spacial score (nSPS) is 11.3. The number of nitrogens with one attached hydrogen (secondary N) is 2. The molecule has 10 heteroatoms. The van der Waals surface area contributed by atoms with E-state index < -0.39 is 29.8 Å². The summed E-state index contributed by atoms with van der Waals surface area (Å²) in [4.78, 5) is 51.9. The summed E-state index contributed by atoms with van der Waals surface area (Å²) < 4.78 is 10.7. The van der Waals surface area contributed by atoms with E-state index >= 15 is 0 Å². The van der Waals surface area contributed by atoms with Crippen LogP contribution in [0.25, 0.3) is 0 Å². The van der Waals surface area contributed by atoms with Gasteiger partial charge in [-0.25, -0.2) is 23.7 Å². The van der Waals surface area contributed by atoms with Gasteiger partial charge in [0.25, 0.3) is 0 Å². The van der Waals surface area contributed by atoms with E-state index in [1.807, 2.05) is 25.1 Å². The first kappa shape index (κ1) is 22.6. The van der Waals surface area contributed by atoms with Crippen molar-refractivity contribution in [1.82, 2.24) is 14.9 Å². The maximum Gasteiger partial charge on any atom is 0.413 e. The average molecular weight is 416 g/mol. The molecule has 0 radical (unpaired) electrons. The van der Waals surface area contributed by atoms with Crippen LogP contribution in [-0.2, 0) is 20.9 Å². The fraction of sp³-hybridized carbons (Fsp3) is 0.350. The molecule has 0 bridgehead atoms. The number of ether oxygens (including phenoxy) is 2. The third-order valence-corrected chi connectivity index (χ3v) is 3.91. The van der Waals surface area contributed by atoms with Gasteiger partial charge in [0.2, 0.25) is 0 Å². The van der Waals surface area contributed by atoms with Gasteiger partial charge in [0, 0.05) is 6.20 Å². The molecule has 0 aliphatic carbocycles. The lowest BCUT2D eigenvalue weighted by atomic mass is 10.2. The predicted octanol–water partition coefficient (Wildman–Crippen LogP) is 2.28. The van der Waals surface area contributed by atoms with Gasteiger partial charge in [-0.15, -0.1) is 0 Å². The van der Waals surface area contributed by atoms with Gasteiger partial charge in [0.15, 0.2) is 0 Å². The van der Waals surface area contributed by atoms with Gasteiger partial charge in [-0.05, 0) is 25.0 Å². The Morgan fingerprint density at radius 3 is 2.47 bits per heavy atom. The summed E-state index contributed by atoms with van der Waals surface area (Å²) in [6.07, 6.45) is 1.34. The highest BCUT2D eigenvalue weighted by atomic mass is 16.5. The van der Waals surface area contributed by atoms with Gasteiger partial charge in [-0.3, -0.25) is 5.32 Å². The van der Waals surface area contributed by atoms with Crippen molar-refractivity contribution in [1.29, 1.82) is 0 Å². The minimum atomic E-state index is -0.924. The molecule has 0 aliphatic rings. The molecule has 2 amide bonds. The summed E-state index contributed by atoms with van der Waals surface area (Å²) in [6.45, 7) is 3.74. The van der Waals surface area contributed by atoms with E-state index in [-0.39, 0.29) is 19.0 Å². The Hall–Kier alpha value is -3.69. The third-order valence-electron chi connectivity index (χ3n) is 3.91. The number of benzene rings is 1. The van der Waals surface area contributed by atoms with Crippen molar-refractivity contribution < 1.29 is 23.9 Å². The fourth-order valence-corrected chi connectivity index (χ4v) is 2.49. The van der Waals surface area contributed by atoms with Gasteiger partial charge in [-0.1, -0.05) is 43.7 Å². The van der Waals surface area contributed by atoms with E-state index in [0.29, 0.717) is 17.4 Å². The van der Waals surface area contributed by atoms with Gasteiger partial charge >= 0.3 is 23.8 Å². The second kappa shape index (κ2) is 11.3. The largest absolute Gasteiger partial charge is 0.464 e. The number of hydrogen-bond acceptors (Lipinski definition) is 7. The number of aromatic nitrogens is 2. The quantitative estimate of drug-likeness (QED) is 0.632. The maximum absolute atomic E-state index is 12.3. The molecule has 2 rings (SSSR count). The van der Waals surface area contributed by atoms with E-state index in [4.69, 9.17) is 9.47 Å². The molecule has 0 saturated carbocycles. The Labute approximate surface area is 173 Å². The Balaban J connectivity index is 1.98. The van der Waals surface area contributed by atoms with Crippen molar-refractivity contribution in [2.45, 2.75) is 39.3 Å². The second-order valence-electron chi connectivity index (χ2n) is 6.19. The second-order valence-corrected chi connectivity index (χ2v) is 6.19. The first-order valence-corrected chi connectivity index (χ1v) is 9.49. The minimum Gasteiger partial charge on any atom is -0.464 e. The van der Waals surface area contributed by atoms with Gasteiger partial charge in [0.05, 0.1) is 6.61 Å². The highest BCUT2D eigenvalue weighted by molar-refractivity contribution is 5.85. The van der Waals surface area contributed by atoms with Crippen molar-refractivity contribution in [2.75, 3.05) is 11.9 Å². The van der Waals surface area contributed by atoms with Crippen LogP contribution in [0.2, 0.25) is 0 Å². The van der Waals surface area contributed by atoms with Gasteiger partial charge in [0.1, 0.15) is 18.5 Å². The van der Waals surface area contributed by atoms with Crippen molar-refractivity contribution in [2.24, 2.45) is 0 Å². The van der Waals surface area contributed by atoms with Crippen molar-refractivity contribution >= 4 is 23.9 Å². The molecular formula is C20H24N4O6. The Kier molecular flexibility index (Phi) is 8.55. The number of amides is 2. The monoisotopic (exact) mass is 416 g/mol. The maximum atomic E-state index is 12.3. The minimum absolute atomic E-state index is 0.0544. The number of carbonyl (C=O) groups is 3. The lowest BCUT2D eigenvalue weighted by Gasteiger charge is -2.16. The molecule has 0 fully saturated rings. The molecule has 1 aromatic carbocycles. The smallest absolute Gasteiger partial charge is 0.413 e. The van der Waals surface area contributed by atoms with E-state index in [9.17, 15) is 19.2 Å². The Bertz CT molecular complexity index is 928. The summed E-state index contributed by atoms with van der Waals surface area (Å²) in [7, 11) is 0. The molecular weight excluding hydrogens is 392 g/mol. The van der Waals surface area contributed by atoms with E-state index in [0.717, 1.165) is 11.8 Å². The molecule has 1 aromatic heterocycles. The molecule has 10 nitrogen and oxygen atoms in total. The van der Waals surface area contributed by atoms with Gasteiger partial charge in [-0.2, -0.15) is 4.98 Å². The SMILES string of the molecule is CCCC(NC(=O)n1ccc(NC(=O)OCc2ccccc2)nc1=O)C(=O)OCC. The summed E-state index contributed by atoms with van der Waals surface area (Å²) in [6, 6.07) is 8.64. The number of carbonyl (C=O) groups excluding carboxylic acids is 3. The van der Waals surface area contributed by atoms with Crippen molar-refractivity contribution in [3.63, 3.8) is 0 Å². The standard InChI is InChI=1S/C20H24N4O6/c1-3-8-15(17(25)29-4-2)21-18(26)24-12-11-16(22-19(24)27)23-20(28)30-13-14-9-6-5-7-10-14/h5-7,9-12,15H,3-4,8,13H2,1-2H3,(H,21,26)(H,22,23,27,28). The number of esters is 1. The highest BCUT2D eigenvalue weighted by Gasteiger charge is 2.22. The summed E-state index contributed by atoms with van der Waals surface area (Å²) in [5.41, 5.74) is -0.122. The summed E-state index contributed by atoms with van der Waals surface area (Å²) >= 11 is 0. The molecule has 1 heterocycles. The highest BCUT2D eigenvalue weighted by Crippen LogP contribution is 2.04. The van der Waals surface area contributed by atoms with Crippen LogP contribution in [0.5, 0.6) is 0 Å². The van der Waals surface area contributed by atoms with Crippen LogP contribution in [0.3, 0.4) is 0 Å².